The zero-order valence-electron chi connectivity index (χ0n) is 19.6. The summed E-state index contributed by atoms with van der Waals surface area (Å²) < 4.78 is 47.3. The van der Waals surface area contributed by atoms with Gasteiger partial charge in [-0.3, -0.25) is 13.8 Å². The molecule has 184 valence electrons. The molecule has 0 amide bonds. The first-order chi connectivity index (χ1) is 16.7. The minimum Gasteiger partial charge on any atom is -0.493 e. The number of hydrogen-bond donors (Lipinski definition) is 2. The highest BCUT2D eigenvalue weighted by atomic mass is 32.2. The van der Waals surface area contributed by atoms with Gasteiger partial charge in [0.2, 0.25) is 0 Å². The van der Waals surface area contributed by atoms with Crippen LogP contribution in [0.5, 0.6) is 11.5 Å². The van der Waals surface area contributed by atoms with Crippen molar-refractivity contribution in [2.24, 2.45) is 7.05 Å². The summed E-state index contributed by atoms with van der Waals surface area (Å²) in [6.45, 7) is 0. The van der Waals surface area contributed by atoms with Crippen molar-refractivity contribution in [1.29, 1.82) is 0 Å². The van der Waals surface area contributed by atoms with Crippen molar-refractivity contribution in [3.63, 3.8) is 0 Å². The summed E-state index contributed by atoms with van der Waals surface area (Å²) in [4.78, 5) is 20.8. The Hall–Kier alpha value is -4.33. The van der Waals surface area contributed by atoms with Crippen molar-refractivity contribution in [2.75, 3.05) is 38.4 Å². The van der Waals surface area contributed by atoms with Crippen molar-refractivity contribution >= 4 is 33.1 Å². The molecule has 3 heterocycles. The Morgan fingerprint density at radius 2 is 1.86 bits per heavy atom. The maximum absolute atomic E-state index is 13.0. The van der Waals surface area contributed by atoms with E-state index in [1.165, 1.54) is 44.6 Å². The molecule has 0 radical (unpaired) electrons. The minimum atomic E-state index is -3.98. The van der Waals surface area contributed by atoms with Gasteiger partial charge in [0.25, 0.3) is 10.0 Å². The molecular formula is C21H23N7O6S. The summed E-state index contributed by atoms with van der Waals surface area (Å²) in [6.07, 6.45) is 5.67. The first kappa shape index (κ1) is 23.8. The first-order valence-corrected chi connectivity index (χ1v) is 11.6. The molecule has 0 fully saturated rings. The number of aryl methyl sites for hydroxylation is 1. The fraction of sp³-hybridized carbons (Fsp3) is 0.238. The molecule has 4 rings (SSSR count). The van der Waals surface area contributed by atoms with E-state index in [0.29, 0.717) is 22.7 Å². The van der Waals surface area contributed by atoms with Crippen LogP contribution in [-0.4, -0.2) is 66.9 Å². The molecule has 14 heteroatoms. The van der Waals surface area contributed by atoms with Crippen LogP contribution >= 0.6 is 0 Å². The van der Waals surface area contributed by atoms with Gasteiger partial charge in [-0.05, 0) is 12.1 Å². The molecule has 0 aliphatic heterocycles. The number of fused-ring (bicyclic) bond motifs is 1. The fourth-order valence-electron chi connectivity index (χ4n) is 3.50. The van der Waals surface area contributed by atoms with Crippen molar-refractivity contribution < 1.29 is 27.4 Å². The number of benzene rings is 1. The lowest BCUT2D eigenvalue weighted by Gasteiger charge is -2.16. The van der Waals surface area contributed by atoms with Crippen molar-refractivity contribution in [3.8, 4) is 22.8 Å². The molecule has 0 saturated carbocycles. The molecule has 13 nitrogen and oxygen atoms in total. The second-order valence-corrected chi connectivity index (χ2v) is 8.95. The van der Waals surface area contributed by atoms with E-state index in [1.807, 2.05) is 0 Å². The van der Waals surface area contributed by atoms with E-state index in [2.05, 4.69) is 25.1 Å². The number of carbonyl (C=O) groups excluding carboxylic acids is 1. The third kappa shape index (κ3) is 4.30. The van der Waals surface area contributed by atoms with E-state index in [4.69, 9.17) is 14.2 Å². The first-order valence-electron chi connectivity index (χ1n) is 10.1. The number of methoxy groups -OCH3 is 3. The number of imidazole rings is 1. The molecule has 0 saturated heterocycles. The summed E-state index contributed by atoms with van der Waals surface area (Å²) in [5.41, 5.74) is 1.70. The SMILES string of the molecule is CNc1nc(C(=O)OC)cn2c(-c3cc(NS(=O)(=O)c4cnn(C)c4)c(OC)c(OC)c3)cnc12. The number of esters is 1. The van der Waals surface area contributed by atoms with Crippen molar-refractivity contribution in [3.05, 3.63) is 42.6 Å². The second kappa shape index (κ2) is 9.13. The number of nitrogens with one attached hydrogen (secondary N) is 2. The van der Waals surface area contributed by atoms with Crippen LogP contribution in [-0.2, 0) is 21.8 Å². The highest BCUT2D eigenvalue weighted by Crippen LogP contribution is 2.41. The summed E-state index contributed by atoms with van der Waals surface area (Å²) in [5.74, 6) is 0.197. The average molecular weight is 502 g/mol. The van der Waals surface area contributed by atoms with E-state index in [0.717, 1.165) is 0 Å². The number of nitrogens with zero attached hydrogens (tertiary/aromatic N) is 5. The Balaban J connectivity index is 1.90. The lowest BCUT2D eigenvalue weighted by atomic mass is 10.1. The van der Waals surface area contributed by atoms with Crippen LogP contribution in [0.2, 0.25) is 0 Å². The van der Waals surface area contributed by atoms with Gasteiger partial charge in [-0.2, -0.15) is 5.10 Å². The maximum atomic E-state index is 13.0. The maximum Gasteiger partial charge on any atom is 0.358 e. The smallest absolute Gasteiger partial charge is 0.358 e. The molecule has 0 atom stereocenters. The number of carbonyl (C=O) groups is 1. The molecule has 1 aromatic carbocycles. The molecule has 0 bridgehead atoms. The average Bonchev–Trinajstić information content (AvgIpc) is 3.48. The Bertz CT molecular complexity index is 1530. The van der Waals surface area contributed by atoms with Crippen LogP contribution in [0.1, 0.15) is 10.5 Å². The fourth-order valence-corrected chi connectivity index (χ4v) is 4.54. The zero-order valence-corrected chi connectivity index (χ0v) is 20.4. The Labute approximate surface area is 200 Å². The predicted octanol–water partition coefficient (Wildman–Crippen LogP) is 1.78. The zero-order chi connectivity index (χ0) is 25.3. The van der Waals surface area contributed by atoms with Gasteiger partial charge in [0, 0.05) is 32.1 Å². The quantitative estimate of drug-likeness (QED) is 0.342. The molecular weight excluding hydrogens is 478 g/mol. The summed E-state index contributed by atoms with van der Waals surface area (Å²) in [6, 6.07) is 3.25. The molecule has 0 aliphatic carbocycles. The summed E-state index contributed by atoms with van der Waals surface area (Å²) in [5, 5.41) is 6.83. The predicted molar refractivity (Wildman–Crippen MR) is 126 cm³/mol. The van der Waals surface area contributed by atoms with E-state index < -0.39 is 16.0 Å². The lowest BCUT2D eigenvalue weighted by Crippen LogP contribution is -2.13. The van der Waals surface area contributed by atoms with Gasteiger partial charge < -0.3 is 19.5 Å². The van der Waals surface area contributed by atoms with Gasteiger partial charge in [-0.25, -0.2) is 23.2 Å². The van der Waals surface area contributed by atoms with E-state index in [-0.39, 0.29) is 27.8 Å². The normalized spacial score (nSPS) is 11.3. The van der Waals surface area contributed by atoms with Gasteiger partial charge >= 0.3 is 5.97 Å². The summed E-state index contributed by atoms with van der Waals surface area (Å²) in [7, 11) is 3.39. The van der Waals surface area contributed by atoms with Crippen LogP contribution in [0.3, 0.4) is 0 Å². The van der Waals surface area contributed by atoms with E-state index in [9.17, 15) is 13.2 Å². The molecule has 35 heavy (non-hydrogen) atoms. The lowest BCUT2D eigenvalue weighted by molar-refractivity contribution is 0.0593. The van der Waals surface area contributed by atoms with Crippen LogP contribution in [0, 0.1) is 0 Å². The molecule has 0 unspecified atom stereocenters. The van der Waals surface area contributed by atoms with Crippen LogP contribution in [0.15, 0.2) is 41.8 Å². The molecule has 3 aromatic heterocycles. The van der Waals surface area contributed by atoms with Gasteiger partial charge in [0.1, 0.15) is 4.90 Å². The monoisotopic (exact) mass is 501 g/mol. The number of ether oxygens (including phenoxy) is 3. The molecule has 0 aliphatic rings. The molecule has 0 spiro atoms. The molecule has 4 aromatic rings. The van der Waals surface area contributed by atoms with E-state index >= 15 is 0 Å². The Morgan fingerprint density at radius 3 is 2.46 bits per heavy atom. The highest BCUT2D eigenvalue weighted by Gasteiger charge is 2.23. The number of sulfonamides is 1. The topological polar surface area (TPSA) is 151 Å². The van der Waals surface area contributed by atoms with Crippen molar-refractivity contribution in [1.82, 2.24) is 24.1 Å². The Kier molecular flexibility index (Phi) is 6.22. The highest BCUT2D eigenvalue weighted by molar-refractivity contribution is 7.92. The molecule has 2 N–H and O–H groups in total. The number of aromatic nitrogens is 5. The summed E-state index contributed by atoms with van der Waals surface area (Å²) >= 11 is 0. The number of hydrogen-bond acceptors (Lipinski definition) is 10. The van der Waals surface area contributed by atoms with Crippen LogP contribution in [0.25, 0.3) is 16.9 Å². The van der Waals surface area contributed by atoms with Crippen molar-refractivity contribution in [2.45, 2.75) is 4.90 Å². The number of rotatable bonds is 8. The van der Waals surface area contributed by atoms with E-state index in [1.54, 1.807) is 36.8 Å². The van der Waals surface area contributed by atoms with Gasteiger partial charge in [0.05, 0.1) is 45.1 Å². The Morgan fingerprint density at radius 1 is 1.09 bits per heavy atom. The second-order valence-electron chi connectivity index (χ2n) is 7.27. The van der Waals surface area contributed by atoms with Gasteiger partial charge in [-0.15, -0.1) is 0 Å². The minimum absolute atomic E-state index is 0.0197. The largest absolute Gasteiger partial charge is 0.493 e. The van der Waals surface area contributed by atoms with Gasteiger partial charge in [0.15, 0.2) is 28.7 Å². The standard InChI is InChI=1S/C21H23N7O6S/c1-22-19-20-23-9-16(28(20)11-15(25-19)21(29)34-5)12-6-14(18(33-4)17(7-12)32-3)26-35(30,31)13-8-24-27(2)10-13/h6-11,26H,1-5H3,(H,22,25). The van der Waals surface area contributed by atoms with Crippen LogP contribution in [0.4, 0.5) is 11.5 Å². The third-order valence-corrected chi connectivity index (χ3v) is 6.45. The van der Waals surface area contributed by atoms with Gasteiger partial charge in [-0.1, -0.05) is 0 Å². The number of anilines is 2. The third-order valence-electron chi connectivity index (χ3n) is 5.13. The van der Waals surface area contributed by atoms with Crippen LogP contribution < -0.4 is 19.5 Å².